The summed E-state index contributed by atoms with van der Waals surface area (Å²) in [6.45, 7) is 3.06. The molecule has 1 unspecified atom stereocenters. The Morgan fingerprint density at radius 1 is 1.08 bits per heavy atom. The van der Waals surface area contributed by atoms with E-state index in [9.17, 15) is 4.79 Å². The predicted octanol–water partition coefficient (Wildman–Crippen LogP) is 4.37. The number of benzene rings is 2. The van der Waals surface area contributed by atoms with Gasteiger partial charge >= 0.3 is 6.03 Å². The molecule has 0 saturated carbocycles. The van der Waals surface area contributed by atoms with Crippen LogP contribution in [-0.4, -0.2) is 10.6 Å². The molecule has 3 aromatic rings. The second kappa shape index (κ2) is 5.77. The van der Waals surface area contributed by atoms with Crippen LogP contribution < -0.4 is 10.6 Å². The van der Waals surface area contributed by atoms with Gasteiger partial charge in [0.05, 0.1) is 11.7 Å². The zero-order valence-corrected chi connectivity index (χ0v) is 14.8. The monoisotopic (exact) mass is 343 g/mol. The third kappa shape index (κ3) is 2.18. The molecule has 4 nitrogen and oxygen atoms in total. The highest BCUT2D eigenvalue weighted by Crippen LogP contribution is 2.40. The van der Waals surface area contributed by atoms with Gasteiger partial charge in [0.15, 0.2) is 0 Å². The standard InChI is InChI=1S/C22H21N3O/c1-2-25-13-18(16-9-5-6-10-19(16)25)21-17-12-11-14-7-3-4-8-15(14)20(17)23-22(26)24-21/h3-10,13,21H,2,11-12H2,1H3,(H2,23,24,26). The summed E-state index contributed by atoms with van der Waals surface area (Å²) in [6.07, 6.45) is 4.16. The first-order valence-corrected chi connectivity index (χ1v) is 9.23. The summed E-state index contributed by atoms with van der Waals surface area (Å²) in [4.78, 5) is 12.5. The third-order valence-corrected chi connectivity index (χ3v) is 5.61. The molecule has 130 valence electrons. The number of hydrogen-bond donors (Lipinski definition) is 2. The minimum absolute atomic E-state index is 0.0789. The first-order chi connectivity index (χ1) is 12.8. The number of hydrogen-bond acceptors (Lipinski definition) is 1. The van der Waals surface area contributed by atoms with Gasteiger partial charge in [-0.15, -0.1) is 0 Å². The SMILES string of the molecule is CCn1cc(C2NC(=O)NC3=C2CCc2ccccc23)c2ccccc21. The number of para-hydroxylation sites is 1. The van der Waals surface area contributed by atoms with Gasteiger partial charge in [-0.1, -0.05) is 42.5 Å². The highest BCUT2D eigenvalue weighted by Gasteiger charge is 2.33. The van der Waals surface area contributed by atoms with E-state index >= 15 is 0 Å². The maximum Gasteiger partial charge on any atom is 0.320 e. The molecule has 1 aliphatic heterocycles. The lowest BCUT2D eigenvalue weighted by Gasteiger charge is -2.34. The molecule has 1 aromatic heterocycles. The predicted molar refractivity (Wildman–Crippen MR) is 104 cm³/mol. The Hall–Kier alpha value is -3.01. The Balaban J connectivity index is 1.72. The van der Waals surface area contributed by atoms with Crippen LogP contribution in [0.25, 0.3) is 16.6 Å². The summed E-state index contributed by atoms with van der Waals surface area (Å²) in [5.41, 5.74) is 7.15. The van der Waals surface area contributed by atoms with Crippen LogP contribution in [0, 0.1) is 0 Å². The van der Waals surface area contributed by atoms with Gasteiger partial charge in [0.25, 0.3) is 0 Å². The van der Waals surface area contributed by atoms with Crippen molar-refractivity contribution in [3.05, 3.63) is 77.0 Å². The van der Waals surface area contributed by atoms with Crippen LogP contribution in [0.15, 0.2) is 60.3 Å². The number of rotatable bonds is 2. The van der Waals surface area contributed by atoms with Crippen molar-refractivity contribution in [1.82, 2.24) is 15.2 Å². The van der Waals surface area contributed by atoms with Crippen LogP contribution in [0.3, 0.4) is 0 Å². The Morgan fingerprint density at radius 3 is 2.77 bits per heavy atom. The number of fused-ring (bicyclic) bond motifs is 3. The molecule has 2 heterocycles. The van der Waals surface area contributed by atoms with Gasteiger partial charge in [-0.05, 0) is 37.0 Å². The summed E-state index contributed by atoms with van der Waals surface area (Å²) >= 11 is 0. The Bertz CT molecular complexity index is 1060. The molecule has 0 saturated heterocycles. The van der Waals surface area contributed by atoms with Crippen molar-refractivity contribution in [2.24, 2.45) is 0 Å². The smallest absolute Gasteiger partial charge is 0.320 e. The molecule has 0 bridgehead atoms. The lowest BCUT2D eigenvalue weighted by atomic mass is 9.83. The number of nitrogens with zero attached hydrogens (tertiary/aromatic N) is 1. The average molecular weight is 343 g/mol. The van der Waals surface area contributed by atoms with Crippen LogP contribution in [0.5, 0.6) is 0 Å². The summed E-state index contributed by atoms with van der Waals surface area (Å²) in [7, 11) is 0. The number of aryl methyl sites for hydroxylation is 2. The quantitative estimate of drug-likeness (QED) is 0.713. The van der Waals surface area contributed by atoms with Gasteiger partial charge in [-0.2, -0.15) is 0 Å². The van der Waals surface area contributed by atoms with Gasteiger partial charge in [-0.3, -0.25) is 0 Å². The Morgan fingerprint density at radius 2 is 1.88 bits per heavy atom. The fourth-order valence-electron chi connectivity index (χ4n) is 4.39. The van der Waals surface area contributed by atoms with E-state index < -0.39 is 0 Å². The van der Waals surface area contributed by atoms with Crippen LogP contribution in [0.1, 0.15) is 36.1 Å². The van der Waals surface area contributed by atoms with Crippen molar-refractivity contribution in [2.75, 3.05) is 0 Å². The van der Waals surface area contributed by atoms with E-state index in [1.165, 1.54) is 27.6 Å². The fraction of sp³-hybridized carbons (Fsp3) is 0.227. The van der Waals surface area contributed by atoms with Gasteiger partial charge in [0.2, 0.25) is 0 Å². The largest absolute Gasteiger partial charge is 0.347 e. The fourth-order valence-corrected chi connectivity index (χ4v) is 4.39. The molecule has 1 aliphatic carbocycles. The third-order valence-electron chi connectivity index (χ3n) is 5.61. The molecule has 0 radical (unpaired) electrons. The summed E-state index contributed by atoms with van der Waals surface area (Å²) < 4.78 is 2.26. The second-order valence-corrected chi connectivity index (χ2v) is 6.98. The van der Waals surface area contributed by atoms with Crippen molar-refractivity contribution < 1.29 is 4.79 Å². The molecule has 2 amide bonds. The maximum absolute atomic E-state index is 12.5. The molecule has 1 atom stereocenters. The van der Waals surface area contributed by atoms with Crippen LogP contribution in [0.4, 0.5) is 4.79 Å². The molecule has 26 heavy (non-hydrogen) atoms. The van der Waals surface area contributed by atoms with E-state index in [0.29, 0.717) is 0 Å². The van der Waals surface area contributed by atoms with Crippen LogP contribution >= 0.6 is 0 Å². The summed E-state index contributed by atoms with van der Waals surface area (Å²) in [5.74, 6) is 0. The van der Waals surface area contributed by atoms with Crippen LogP contribution in [0.2, 0.25) is 0 Å². The zero-order valence-electron chi connectivity index (χ0n) is 14.8. The number of carbonyl (C=O) groups is 1. The van der Waals surface area contributed by atoms with Gasteiger partial charge in [0.1, 0.15) is 0 Å². The molecular formula is C22H21N3O. The normalized spacial score (nSPS) is 19.0. The molecular weight excluding hydrogens is 322 g/mol. The highest BCUT2D eigenvalue weighted by molar-refractivity contribution is 5.93. The van der Waals surface area contributed by atoms with Crippen molar-refractivity contribution in [3.8, 4) is 0 Å². The summed E-state index contributed by atoms with van der Waals surface area (Å²) in [6, 6.07) is 16.6. The Labute approximate surface area is 152 Å². The summed E-state index contributed by atoms with van der Waals surface area (Å²) in [5, 5.41) is 7.45. The first kappa shape index (κ1) is 15.3. The molecule has 2 N–H and O–H groups in total. The van der Waals surface area contributed by atoms with E-state index in [2.05, 4.69) is 70.8 Å². The second-order valence-electron chi connectivity index (χ2n) is 6.98. The van der Waals surface area contributed by atoms with E-state index in [4.69, 9.17) is 0 Å². The molecule has 2 aliphatic rings. The van der Waals surface area contributed by atoms with Crippen molar-refractivity contribution in [1.29, 1.82) is 0 Å². The van der Waals surface area contributed by atoms with E-state index in [1.807, 2.05) is 6.07 Å². The van der Waals surface area contributed by atoms with Crippen molar-refractivity contribution in [2.45, 2.75) is 32.4 Å². The molecule has 0 spiro atoms. The lowest BCUT2D eigenvalue weighted by Crippen LogP contribution is -2.44. The van der Waals surface area contributed by atoms with Gasteiger partial charge < -0.3 is 15.2 Å². The van der Waals surface area contributed by atoms with Gasteiger partial charge in [-0.25, -0.2) is 4.79 Å². The van der Waals surface area contributed by atoms with E-state index in [-0.39, 0.29) is 12.1 Å². The first-order valence-electron chi connectivity index (χ1n) is 9.23. The zero-order chi connectivity index (χ0) is 17.7. The van der Waals surface area contributed by atoms with Crippen molar-refractivity contribution in [3.63, 3.8) is 0 Å². The number of aromatic nitrogens is 1. The number of carbonyl (C=O) groups excluding carboxylic acids is 1. The molecule has 4 heteroatoms. The lowest BCUT2D eigenvalue weighted by molar-refractivity contribution is 0.240. The van der Waals surface area contributed by atoms with Crippen molar-refractivity contribution >= 4 is 22.6 Å². The van der Waals surface area contributed by atoms with E-state index in [1.54, 1.807) is 0 Å². The molecule has 5 rings (SSSR count). The average Bonchev–Trinajstić information content (AvgIpc) is 3.06. The highest BCUT2D eigenvalue weighted by atomic mass is 16.2. The van der Waals surface area contributed by atoms with Gasteiger partial charge in [0, 0.05) is 34.8 Å². The minimum Gasteiger partial charge on any atom is -0.347 e. The number of urea groups is 1. The number of nitrogens with one attached hydrogen (secondary N) is 2. The molecule has 0 fully saturated rings. The Kier molecular flexibility index (Phi) is 3.38. The molecule has 2 aromatic carbocycles. The topological polar surface area (TPSA) is 46.1 Å². The van der Waals surface area contributed by atoms with Crippen LogP contribution in [-0.2, 0) is 13.0 Å². The number of amides is 2. The van der Waals surface area contributed by atoms with E-state index in [0.717, 1.165) is 30.6 Å². The minimum atomic E-state index is -0.126. The maximum atomic E-state index is 12.5.